The van der Waals surface area contributed by atoms with E-state index >= 15 is 0 Å². The molecule has 0 amide bonds. The molecule has 0 fully saturated rings. The molecule has 2 aromatic rings. The van der Waals surface area contributed by atoms with Crippen LogP contribution >= 0.6 is 35.0 Å². The van der Waals surface area contributed by atoms with E-state index in [2.05, 4.69) is 11.3 Å². The van der Waals surface area contributed by atoms with Gasteiger partial charge in [-0.15, -0.1) is 0 Å². The number of anilines is 1. The second-order valence-electron chi connectivity index (χ2n) is 4.85. The van der Waals surface area contributed by atoms with Crippen molar-refractivity contribution in [3.05, 3.63) is 52.4 Å². The van der Waals surface area contributed by atoms with Gasteiger partial charge in [0.2, 0.25) is 10.0 Å². The highest BCUT2D eigenvalue weighted by Gasteiger charge is 2.20. The van der Waals surface area contributed by atoms with E-state index in [9.17, 15) is 21.9 Å². The Kier molecular flexibility index (Phi) is 6.16. The molecule has 0 bridgehead atoms. The van der Waals surface area contributed by atoms with Crippen molar-refractivity contribution in [1.82, 2.24) is 0 Å². The van der Waals surface area contributed by atoms with Crippen molar-refractivity contribution in [1.29, 1.82) is 0 Å². The maximum Gasteiger partial charge on any atom is 0.254 e. The summed E-state index contributed by atoms with van der Waals surface area (Å²) in [6, 6.07) is 6.59. The van der Waals surface area contributed by atoms with Crippen LogP contribution in [0.25, 0.3) is 0 Å². The summed E-state index contributed by atoms with van der Waals surface area (Å²) in [5.41, 5.74) is -0.0779. The Morgan fingerprint density at radius 1 is 1.12 bits per heavy atom. The lowest BCUT2D eigenvalue weighted by Gasteiger charge is -2.14. The number of sulfonamides is 2. The minimum atomic E-state index is -4.25. The normalized spacial score (nSPS) is 12.0. The Morgan fingerprint density at radius 2 is 1.77 bits per heavy atom. The van der Waals surface area contributed by atoms with Crippen LogP contribution in [0.2, 0.25) is 10.0 Å². The molecule has 2 aromatic carbocycles. The van der Waals surface area contributed by atoms with Crippen LogP contribution in [0.3, 0.4) is 0 Å². The van der Waals surface area contributed by atoms with Gasteiger partial charge in [0.1, 0.15) is 10.6 Å². The van der Waals surface area contributed by atoms with Crippen molar-refractivity contribution in [2.75, 3.05) is 4.72 Å². The maximum absolute atomic E-state index is 11.8. The number of primary sulfonamides is 1. The average molecular weight is 455 g/mol. The molecule has 0 saturated heterocycles. The van der Waals surface area contributed by atoms with E-state index in [0.717, 1.165) is 23.9 Å². The van der Waals surface area contributed by atoms with Crippen molar-refractivity contribution >= 4 is 60.7 Å². The highest BCUT2D eigenvalue weighted by molar-refractivity contribution is 8.00. The summed E-state index contributed by atoms with van der Waals surface area (Å²) < 4.78 is 49.0. The number of benzene rings is 2. The fourth-order valence-electron chi connectivity index (χ4n) is 1.81. The van der Waals surface area contributed by atoms with Gasteiger partial charge < -0.3 is 5.11 Å². The second-order valence-corrected chi connectivity index (χ2v) is 9.94. The molecule has 4 N–H and O–H groups in total. The summed E-state index contributed by atoms with van der Waals surface area (Å²) in [4.78, 5) is 0.0503. The Balaban J connectivity index is 2.64. The van der Waals surface area contributed by atoms with E-state index in [0.29, 0.717) is 15.3 Å². The smallest absolute Gasteiger partial charge is 0.254 e. The zero-order valence-electron chi connectivity index (χ0n) is 12.8. The van der Waals surface area contributed by atoms with Crippen molar-refractivity contribution in [2.45, 2.75) is 14.7 Å². The first-order valence-electron chi connectivity index (χ1n) is 6.61. The van der Waals surface area contributed by atoms with Crippen LogP contribution in [0, 0.1) is 0 Å². The number of nitrogens with one attached hydrogen (secondary N) is 1. The number of aromatic hydroxyl groups is 1. The molecule has 0 radical (unpaired) electrons. The highest BCUT2D eigenvalue weighted by Crippen LogP contribution is 2.42. The molecular formula is C14H12Cl2N2O5S3. The lowest BCUT2D eigenvalue weighted by molar-refractivity contribution is 0.458. The van der Waals surface area contributed by atoms with Gasteiger partial charge >= 0.3 is 0 Å². The molecular weight excluding hydrogens is 443 g/mol. The summed E-state index contributed by atoms with van der Waals surface area (Å²) in [6.45, 7) is 3.17. The zero-order valence-corrected chi connectivity index (χ0v) is 16.8. The predicted molar refractivity (Wildman–Crippen MR) is 103 cm³/mol. The molecule has 0 heterocycles. The average Bonchev–Trinajstić information content (AvgIpc) is 2.50. The fraction of sp³-hybridized carbons (Fsp3) is 0. The van der Waals surface area contributed by atoms with Crippen LogP contribution in [-0.2, 0) is 20.0 Å². The van der Waals surface area contributed by atoms with E-state index in [1.807, 2.05) is 0 Å². The van der Waals surface area contributed by atoms with E-state index in [-0.39, 0.29) is 15.6 Å². The maximum atomic E-state index is 11.8. The zero-order chi connectivity index (χ0) is 19.7. The van der Waals surface area contributed by atoms with Gasteiger partial charge in [-0.1, -0.05) is 41.5 Å². The van der Waals surface area contributed by atoms with Gasteiger partial charge in [-0.2, -0.15) is 0 Å². The third-order valence-electron chi connectivity index (χ3n) is 2.95. The molecule has 0 aliphatic rings. The number of phenolic OH excluding ortho intramolecular Hbond substituents is 1. The minimum absolute atomic E-state index is 0.0779. The first-order chi connectivity index (χ1) is 11.9. The lowest BCUT2D eigenvalue weighted by Crippen LogP contribution is -2.14. The molecule has 2 rings (SSSR count). The van der Waals surface area contributed by atoms with Crippen LogP contribution in [-0.4, -0.2) is 21.9 Å². The van der Waals surface area contributed by atoms with Crippen LogP contribution in [0.15, 0.2) is 57.0 Å². The molecule has 140 valence electrons. The first kappa shape index (κ1) is 20.9. The third-order valence-corrected chi connectivity index (χ3v) is 6.63. The number of phenols is 1. The number of hydrogen-bond acceptors (Lipinski definition) is 6. The molecule has 12 heteroatoms. The van der Waals surface area contributed by atoms with Crippen molar-refractivity contribution in [2.24, 2.45) is 5.14 Å². The molecule has 0 saturated carbocycles. The number of hydrogen-bond donors (Lipinski definition) is 3. The van der Waals surface area contributed by atoms with Gasteiger partial charge in [0.05, 0.1) is 10.7 Å². The molecule has 0 spiro atoms. The molecule has 0 atom stereocenters. The summed E-state index contributed by atoms with van der Waals surface area (Å²) in [5, 5.41) is 16.3. The largest absolute Gasteiger partial charge is 0.506 e. The molecule has 0 unspecified atom stereocenters. The van der Waals surface area contributed by atoms with Crippen LogP contribution < -0.4 is 9.86 Å². The Bertz CT molecular complexity index is 1090. The van der Waals surface area contributed by atoms with Gasteiger partial charge in [0.25, 0.3) is 10.0 Å². The van der Waals surface area contributed by atoms with Crippen LogP contribution in [0.4, 0.5) is 5.69 Å². The van der Waals surface area contributed by atoms with E-state index in [1.165, 1.54) is 6.07 Å². The molecule has 26 heavy (non-hydrogen) atoms. The third kappa shape index (κ3) is 5.06. The van der Waals surface area contributed by atoms with Gasteiger partial charge in [-0.3, -0.25) is 4.72 Å². The summed E-state index contributed by atoms with van der Waals surface area (Å²) in [7, 11) is -8.16. The molecule has 0 aromatic heterocycles. The van der Waals surface area contributed by atoms with Gasteiger partial charge in [-0.25, -0.2) is 22.0 Å². The quantitative estimate of drug-likeness (QED) is 0.613. The van der Waals surface area contributed by atoms with Gasteiger partial charge in [-0.05, 0) is 24.3 Å². The Morgan fingerprint density at radius 3 is 2.31 bits per heavy atom. The van der Waals surface area contributed by atoms with E-state index in [4.69, 9.17) is 28.3 Å². The summed E-state index contributed by atoms with van der Waals surface area (Å²) in [6.07, 6.45) is 0. The molecule has 0 aliphatic heterocycles. The van der Waals surface area contributed by atoms with Gasteiger partial charge in [0.15, 0.2) is 0 Å². The number of nitrogens with two attached hydrogens (primary N) is 1. The van der Waals surface area contributed by atoms with Crippen molar-refractivity contribution < 1.29 is 21.9 Å². The highest BCUT2D eigenvalue weighted by atomic mass is 35.5. The van der Waals surface area contributed by atoms with Gasteiger partial charge in [0, 0.05) is 26.3 Å². The van der Waals surface area contributed by atoms with E-state index < -0.39 is 30.7 Å². The lowest BCUT2D eigenvalue weighted by atomic mass is 10.3. The van der Waals surface area contributed by atoms with Crippen LogP contribution in [0.5, 0.6) is 5.75 Å². The Labute approximate surface area is 164 Å². The van der Waals surface area contributed by atoms with Crippen molar-refractivity contribution in [3.8, 4) is 5.75 Å². The monoisotopic (exact) mass is 454 g/mol. The van der Waals surface area contributed by atoms with Crippen molar-refractivity contribution in [3.63, 3.8) is 0 Å². The Hall–Kier alpha value is -1.43. The topological polar surface area (TPSA) is 127 Å². The summed E-state index contributed by atoms with van der Waals surface area (Å²) in [5.74, 6) is -0.708. The second kappa shape index (κ2) is 7.67. The molecule has 7 nitrogen and oxygen atoms in total. The summed E-state index contributed by atoms with van der Waals surface area (Å²) >= 11 is 12.9. The fourth-order valence-corrected chi connectivity index (χ4v) is 4.59. The number of halogens is 2. The van der Waals surface area contributed by atoms with E-state index in [1.54, 1.807) is 12.1 Å². The standard InChI is InChI=1S/C14H12Cl2N2O5S3/c1-2-25(20,21)18-10-6-11(19)14(26(17,22)23)7-13(10)24-12-4-3-8(15)5-9(12)16/h2-7,18-19H,1H2,(H2,17,22,23). The minimum Gasteiger partial charge on any atom is -0.506 e. The molecule has 0 aliphatic carbocycles. The van der Waals surface area contributed by atoms with Crippen LogP contribution in [0.1, 0.15) is 0 Å². The SMILES string of the molecule is C=CS(=O)(=O)Nc1cc(O)c(S(N)(=O)=O)cc1Sc1ccc(Cl)cc1Cl. The number of rotatable bonds is 6. The first-order valence-corrected chi connectivity index (χ1v) is 11.3. The predicted octanol–water partition coefficient (Wildman–Crippen LogP) is 3.38.